The molecule has 2 aliphatic heterocycles. The molecule has 2 rings (SSSR count). The van der Waals surface area contributed by atoms with Gasteiger partial charge < -0.3 is 14.9 Å². The summed E-state index contributed by atoms with van der Waals surface area (Å²) in [6.07, 6.45) is 1.95. The summed E-state index contributed by atoms with van der Waals surface area (Å²) in [5.74, 6) is -0.149. The lowest BCUT2D eigenvalue weighted by Gasteiger charge is -2.26. The van der Waals surface area contributed by atoms with Crippen molar-refractivity contribution in [1.29, 1.82) is 0 Å². The van der Waals surface area contributed by atoms with Crippen molar-refractivity contribution in [3.05, 3.63) is 0 Å². The van der Waals surface area contributed by atoms with Crippen molar-refractivity contribution >= 4 is 5.97 Å². The normalized spacial score (nSPS) is 29.0. The van der Waals surface area contributed by atoms with Gasteiger partial charge in [0.05, 0.1) is 26.3 Å². The molecule has 1 N–H and O–H groups in total. The van der Waals surface area contributed by atoms with Gasteiger partial charge in [0, 0.05) is 0 Å². The summed E-state index contributed by atoms with van der Waals surface area (Å²) in [5.41, 5.74) is 0. The van der Waals surface area contributed by atoms with Gasteiger partial charge in [0.2, 0.25) is 0 Å². The zero-order chi connectivity index (χ0) is 9.80. The molecule has 0 unspecified atom stereocenters. The molecule has 5 nitrogen and oxygen atoms in total. The monoisotopic (exact) mass is 200 g/mol. The molecule has 2 aliphatic rings. The zero-order valence-corrected chi connectivity index (χ0v) is 8.20. The largest absolute Gasteiger partial charge is 0.379 e. The second-order valence-electron chi connectivity index (χ2n) is 3.60. The number of hydrogen-bond donors (Lipinski definition) is 1. The highest BCUT2D eigenvalue weighted by molar-refractivity contribution is 5.75. The number of rotatable bonds is 2. The van der Waals surface area contributed by atoms with Crippen molar-refractivity contribution in [2.45, 2.75) is 18.9 Å². The van der Waals surface area contributed by atoms with Crippen molar-refractivity contribution in [2.24, 2.45) is 0 Å². The fraction of sp³-hybridized carbons (Fsp3) is 0.889. The van der Waals surface area contributed by atoms with Gasteiger partial charge in [0.25, 0.3) is 0 Å². The van der Waals surface area contributed by atoms with Crippen LogP contribution in [0.2, 0.25) is 0 Å². The summed E-state index contributed by atoms with van der Waals surface area (Å²) in [6, 6.07) is -0.0992. The third-order valence-electron chi connectivity index (χ3n) is 2.53. The average Bonchev–Trinajstić information content (AvgIpc) is 2.72. The van der Waals surface area contributed by atoms with E-state index < -0.39 is 0 Å². The van der Waals surface area contributed by atoms with E-state index in [1.807, 2.05) is 0 Å². The molecule has 0 aliphatic carbocycles. The third kappa shape index (κ3) is 2.43. The summed E-state index contributed by atoms with van der Waals surface area (Å²) in [7, 11) is 0. The van der Waals surface area contributed by atoms with Gasteiger partial charge in [-0.05, 0) is 19.4 Å². The predicted molar refractivity (Wildman–Crippen MR) is 49.5 cm³/mol. The highest BCUT2D eigenvalue weighted by Crippen LogP contribution is 2.08. The first-order valence-electron chi connectivity index (χ1n) is 5.14. The van der Waals surface area contributed by atoms with Crippen LogP contribution in [0, 0.1) is 0 Å². The van der Waals surface area contributed by atoms with Crippen molar-refractivity contribution in [3.63, 3.8) is 0 Å². The number of nitrogens with zero attached hydrogens (tertiary/aromatic N) is 1. The molecule has 0 bridgehead atoms. The minimum Gasteiger partial charge on any atom is -0.379 e. The van der Waals surface area contributed by atoms with E-state index in [2.05, 4.69) is 5.32 Å². The van der Waals surface area contributed by atoms with Crippen molar-refractivity contribution in [1.82, 2.24) is 10.4 Å². The SMILES string of the molecule is O=C(ON1CCOCC1)[C@@H]1CCCN1. The summed E-state index contributed by atoms with van der Waals surface area (Å²) >= 11 is 0. The number of morpholine rings is 1. The Kier molecular flexibility index (Phi) is 3.34. The van der Waals surface area contributed by atoms with Crippen LogP contribution in [0.3, 0.4) is 0 Å². The third-order valence-corrected chi connectivity index (χ3v) is 2.53. The van der Waals surface area contributed by atoms with Crippen LogP contribution in [0.15, 0.2) is 0 Å². The lowest BCUT2D eigenvalue weighted by atomic mass is 10.2. The molecule has 14 heavy (non-hydrogen) atoms. The molecule has 80 valence electrons. The van der Waals surface area contributed by atoms with Gasteiger partial charge >= 0.3 is 5.97 Å². The highest BCUT2D eigenvalue weighted by Gasteiger charge is 2.26. The van der Waals surface area contributed by atoms with Crippen molar-refractivity contribution in [3.8, 4) is 0 Å². The smallest absolute Gasteiger partial charge is 0.341 e. The Bertz CT molecular complexity index is 198. The van der Waals surface area contributed by atoms with E-state index in [1.165, 1.54) is 0 Å². The summed E-state index contributed by atoms with van der Waals surface area (Å²) in [6.45, 7) is 3.57. The van der Waals surface area contributed by atoms with Gasteiger partial charge in [0.1, 0.15) is 6.04 Å². The van der Waals surface area contributed by atoms with Gasteiger partial charge in [-0.15, -0.1) is 5.06 Å². The second kappa shape index (κ2) is 4.72. The maximum Gasteiger partial charge on any atom is 0.341 e. The molecular weight excluding hydrogens is 184 g/mol. The van der Waals surface area contributed by atoms with Gasteiger partial charge in [-0.3, -0.25) is 0 Å². The molecule has 5 heteroatoms. The van der Waals surface area contributed by atoms with E-state index in [0.29, 0.717) is 26.3 Å². The number of hydroxylamine groups is 2. The number of carbonyl (C=O) groups is 1. The van der Waals surface area contributed by atoms with Crippen LogP contribution in [0.5, 0.6) is 0 Å². The molecule has 0 saturated carbocycles. The summed E-state index contributed by atoms with van der Waals surface area (Å²) < 4.78 is 5.16. The molecule has 0 spiro atoms. The molecule has 0 aromatic heterocycles. The molecule has 2 saturated heterocycles. The number of ether oxygens (including phenoxy) is 1. The lowest BCUT2D eigenvalue weighted by molar-refractivity contribution is -0.207. The van der Waals surface area contributed by atoms with Crippen LogP contribution in [-0.4, -0.2) is 49.9 Å². The predicted octanol–water partition coefficient (Wildman–Crippen LogP) is -0.471. The standard InChI is InChI=1S/C9H16N2O3/c12-9(8-2-1-3-10-8)14-11-4-6-13-7-5-11/h8,10H,1-7H2/t8-/m0/s1. The Morgan fingerprint density at radius 2 is 2.21 bits per heavy atom. The Balaban J connectivity index is 1.75. The number of hydrogen-bond acceptors (Lipinski definition) is 5. The molecule has 0 radical (unpaired) electrons. The van der Waals surface area contributed by atoms with E-state index in [9.17, 15) is 4.79 Å². The zero-order valence-electron chi connectivity index (χ0n) is 8.20. The molecule has 0 aromatic rings. The van der Waals surface area contributed by atoms with Crippen LogP contribution in [0.1, 0.15) is 12.8 Å². The molecule has 0 amide bonds. The Morgan fingerprint density at radius 3 is 2.86 bits per heavy atom. The van der Waals surface area contributed by atoms with Crippen LogP contribution in [0.4, 0.5) is 0 Å². The highest BCUT2D eigenvalue weighted by atomic mass is 16.7. The van der Waals surface area contributed by atoms with Gasteiger partial charge in [-0.1, -0.05) is 0 Å². The second-order valence-corrected chi connectivity index (χ2v) is 3.60. The molecule has 0 aromatic carbocycles. The Hall–Kier alpha value is -0.650. The fourth-order valence-corrected chi connectivity index (χ4v) is 1.71. The van der Waals surface area contributed by atoms with Crippen LogP contribution < -0.4 is 5.32 Å². The van der Waals surface area contributed by atoms with E-state index in [1.54, 1.807) is 5.06 Å². The van der Waals surface area contributed by atoms with Crippen LogP contribution in [-0.2, 0) is 14.4 Å². The summed E-state index contributed by atoms with van der Waals surface area (Å²) in [4.78, 5) is 16.8. The van der Waals surface area contributed by atoms with Gasteiger partial charge in [-0.25, -0.2) is 4.79 Å². The van der Waals surface area contributed by atoms with Crippen LogP contribution >= 0.6 is 0 Å². The fourth-order valence-electron chi connectivity index (χ4n) is 1.71. The van der Waals surface area contributed by atoms with E-state index >= 15 is 0 Å². The van der Waals surface area contributed by atoms with Gasteiger partial charge in [-0.2, -0.15) is 0 Å². The van der Waals surface area contributed by atoms with Gasteiger partial charge in [0.15, 0.2) is 0 Å². The number of nitrogens with one attached hydrogen (secondary N) is 1. The minimum absolute atomic E-state index is 0.0992. The minimum atomic E-state index is -0.149. The first-order valence-corrected chi connectivity index (χ1v) is 5.14. The van der Waals surface area contributed by atoms with E-state index in [0.717, 1.165) is 19.4 Å². The van der Waals surface area contributed by atoms with E-state index in [4.69, 9.17) is 9.57 Å². The molecule has 2 heterocycles. The maximum absolute atomic E-state index is 11.5. The lowest BCUT2D eigenvalue weighted by Crippen LogP contribution is -2.42. The van der Waals surface area contributed by atoms with E-state index in [-0.39, 0.29) is 12.0 Å². The molecule has 1 atom stereocenters. The van der Waals surface area contributed by atoms with Crippen LogP contribution in [0.25, 0.3) is 0 Å². The van der Waals surface area contributed by atoms with Crippen molar-refractivity contribution < 1.29 is 14.4 Å². The van der Waals surface area contributed by atoms with Crippen molar-refractivity contribution in [2.75, 3.05) is 32.8 Å². The molecule has 2 fully saturated rings. The Morgan fingerprint density at radius 1 is 1.43 bits per heavy atom. The maximum atomic E-state index is 11.5. The summed E-state index contributed by atoms with van der Waals surface area (Å²) in [5, 5.41) is 4.80. The topological polar surface area (TPSA) is 50.8 Å². The first-order chi connectivity index (χ1) is 6.86. The number of carbonyl (C=O) groups excluding carboxylic acids is 1. The average molecular weight is 200 g/mol. The first kappa shape index (κ1) is 9.89. The Labute approximate surface area is 83.3 Å². The molecular formula is C9H16N2O3. The quantitative estimate of drug-likeness (QED) is 0.653.